The number of nitrogens with zero attached hydrogens (tertiary/aromatic N) is 1. The van der Waals surface area contributed by atoms with Crippen LogP contribution in [0, 0.1) is 0 Å². The van der Waals surface area contributed by atoms with Crippen molar-refractivity contribution in [2.75, 3.05) is 6.61 Å². The van der Waals surface area contributed by atoms with Crippen LogP contribution in [-0.2, 0) is 47.6 Å². The van der Waals surface area contributed by atoms with E-state index in [0.29, 0.717) is 5.69 Å². The number of carbonyl (C=O) groups excluding carboxylic acids is 4. The molecule has 198 valence electrons. The molecule has 36 heavy (non-hydrogen) atoms. The highest BCUT2D eigenvalue weighted by molar-refractivity contribution is 6.76. The van der Waals surface area contributed by atoms with E-state index in [-0.39, 0.29) is 0 Å². The molecule has 5 atom stereocenters. The SMILES string of the molecule is CC(=O)OC[C@H]1OC(OC(=Nc2ccccc2)C(Cl)(Cl)Cl)[C@H](OC(C)=O)[C@@H](OC(C)=O)[C@H]1OC(C)=O. The van der Waals surface area contributed by atoms with Gasteiger partial charge in [0.15, 0.2) is 12.2 Å². The predicted molar refractivity (Wildman–Crippen MR) is 127 cm³/mol. The lowest BCUT2D eigenvalue weighted by atomic mass is 9.98. The van der Waals surface area contributed by atoms with Crippen LogP contribution in [0.4, 0.5) is 5.69 Å². The molecule has 1 fully saturated rings. The normalized spacial score (nSPS) is 24.3. The molecule has 1 unspecified atom stereocenters. The first kappa shape index (κ1) is 29.6. The summed E-state index contributed by atoms with van der Waals surface area (Å²) in [6.45, 7) is 3.98. The summed E-state index contributed by atoms with van der Waals surface area (Å²) in [6, 6.07) is 8.32. The number of aliphatic imine (C=N–C) groups is 1. The van der Waals surface area contributed by atoms with Crippen molar-refractivity contribution < 1.29 is 47.6 Å². The molecule has 1 aromatic carbocycles. The molecule has 0 aromatic heterocycles. The first-order valence-electron chi connectivity index (χ1n) is 10.5. The van der Waals surface area contributed by atoms with E-state index in [1.165, 1.54) is 0 Å². The fourth-order valence-corrected chi connectivity index (χ4v) is 3.43. The van der Waals surface area contributed by atoms with Crippen LogP contribution in [0.5, 0.6) is 0 Å². The molecular formula is C22H24Cl3NO10. The Morgan fingerprint density at radius 3 is 1.83 bits per heavy atom. The number of rotatable bonds is 7. The second-order valence-corrected chi connectivity index (χ2v) is 9.72. The van der Waals surface area contributed by atoms with Gasteiger partial charge in [0, 0.05) is 27.7 Å². The van der Waals surface area contributed by atoms with Gasteiger partial charge in [-0.15, -0.1) is 0 Å². The van der Waals surface area contributed by atoms with Gasteiger partial charge in [0.2, 0.25) is 18.3 Å². The molecule has 0 saturated carbocycles. The molecule has 2 rings (SSSR count). The molecule has 0 radical (unpaired) electrons. The molecule has 1 aliphatic heterocycles. The highest BCUT2D eigenvalue weighted by Crippen LogP contribution is 2.35. The van der Waals surface area contributed by atoms with Gasteiger partial charge in [0.1, 0.15) is 12.7 Å². The first-order chi connectivity index (χ1) is 16.8. The Balaban J connectivity index is 2.55. The fourth-order valence-electron chi connectivity index (χ4n) is 3.17. The van der Waals surface area contributed by atoms with Crippen molar-refractivity contribution in [1.29, 1.82) is 0 Å². The van der Waals surface area contributed by atoms with Crippen molar-refractivity contribution in [3.8, 4) is 0 Å². The van der Waals surface area contributed by atoms with Gasteiger partial charge >= 0.3 is 23.9 Å². The molecule has 1 aromatic rings. The summed E-state index contributed by atoms with van der Waals surface area (Å²) in [5, 5.41) is 0. The van der Waals surface area contributed by atoms with Crippen molar-refractivity contribution >= 4 is 70.3 Å². The average molecular weight is 569 g/mol. The highest BCUT2D eigenvalue weighted by atomic mass is 35.6. The monoisotopic (exact) mass is 567 g/mol. The predicted octanol–water partition coefficient (Wildman–Crippen LogP) is 3.19. The zero-order chi connectivity index (χ0) is 27.0. The minimum atomic E-state index is -2.21. The topological polar surface area (TPSA) is 136 Å². The molecular weight excluding hydrogens is 545 g/mol. The Morgan fingerprint density at radius 2 is 1.33 bits per heavy atom. The van der Waals surface area contributed by atoms with E-state index in [9.17, 15) is 19.2 Å². The van der Waals surface area contributed by atoms with Crippen LogP contribution >= 0.6 is 34.8 Å². The molecule has 0 aliphatic carbocycles. The van der Waals surface area contributed by atoms with Crippen LogP contribution in [0.2, 0.25) is 0 Å². The number of para-hydroxylation sites is 1. The summed E-state index contributed by atoms with van der Waals surface area (Å²) in [5.41, 5.74) is 0.351. The standard InChI is InChI=1S/C22H24Cl3NO10/c1-11(27)31-10-16-17(32-12(2)28)18(33-13(3)29)19(34-14(4)30)20(35-16)36-21(22(23,24)25)26-15-8-6-5-7-9-15/h5-9,16-20H,10H2,1-4H3/t16-,17+,18+,19-,20?/m1/s1. The lowest BCUT2D eigenvalue weighted by Crippen LogP contribution is -2.63. The van der Waals surface area contributed by atoms with Gasteiger partial charge in [-0.25, -0.2) is 4.99 Å². The summed E-state index contributed by atoms with van der Waals surface area (Å²) < 4.78 is 30.3. The summed E-state index contributed by atoms with van der Waals surface area (Å²) in [5.74, 6) is -3.54. The summed E-state index contributed by atoms with van der Waals surface area (Å²) in [7, 11) is 0. The van der Waals surface area contributed by atoms with Crippen LogP contribution in [0.3, 0.4) is 0 Å². The molecule has 1 saturated heterocycles. The van der Waals surface area contributed by atoms with E-state index >= 15 is 0 Å². The third kappa shape index (κ3) is 9.12. The van der Waals surface area contributed by atoms with E-state index in [0.717, 1.165) is 27.7 Å². The quantitative estimate of drug-likeness (QED) is 0.159. The minimum absolute atomic E-state index is 0.351. The lowest BCUT2D eigenvalue weighted by Gasteiger charge is -2.44. The Bertz CT molecular complexity index is 982. The Morgan fingerprint density at radius 1 is 0.806 bits per heavy atom. The number of esters is 4. The largest absolute Gasteiger partial charge is 0.463 e. The zero-order valence-corrected chi connectivity index (χ0v) is 21.9. The van der Waals surface area contributed by atoms with E-state index < -0.39 is 70.9 Å². The number of carbonyl (C=O) groups is 4. The summed E-state index contributed by atoms with van der Waals surface area (Å²) in [4.78, 5) is 51.3. The smallest absolute Gasteiger partial charge is 0.303 e. The number of ether oxygens (including phenoxy) is 6. The van der Waals surface area contributed by atoms with Crippen LogP contribution in [0.1, 0.15) is 27.7 Å². The van der Waals surface area contributed by atoms with Crippen LogP contribution in [0.15, 0.2) is 35.3 Å². The van der Waals surface area contributed by atoms with Crippen LogP contribution in [0.25, 0.3) is 0 Å². The molecule has 11 nitrogen and oxygen atoms in total. The van der Waals surface area contributed by atoms with Gasteiger partial charge in [0.05, 0.1) is 5.69 Å². The lowest BCUT2D eigenvalue weighted by molar-refractivity contribution is -0.291. The number of hydrogen-bond acceptors (Lipinski definition) is 11. The van der Waals surface area contributed by atoms with Crippen molar-refractivity contribution in [3.63, 3.8) is 0 Å². The number of halogens is 3. The fraction of sp³-hybridized carbons (Fsp3) is 0.500. The van der Waals surface area contributed by atoms with Gasteiger partial charge in [-0.05, 0) is 12.1 Å². The molecule has 0 spiro atoms. The first-order valence-corrected chi connectivity index (χ1v) is 11.6. The van der Waals surface area contributed by atoms with Crippen LogP contribution in [-0.4, -0.2) is 70.9 Å². The molecule has 1 heterocycles. The van der Waals surface area contributed by atoms with Crippen molar-refractivity contribution in [2.24, 2.45) is 4.99 Å². The van der Waals surface area contributed by atoms with Gasteiger partial charge in [-0.1, -0.05) is 53.0 Å². The number of benzene rings is 1. The zero-order valence-electron chi connectivity index (χ0n) is 19.6. The minimum Gasteiger partial charge on any atom is -0.463 e. The molecule has 0 bridgehead atoms. The van der Waals surface area contributed by atoms with Gasteiger partial charge in [-0.2, -0.15) is 0 Å². The van der Waals surface area contributed by atoms with E-state index in [2.05, 4.69) is 4.99 Å². The maximum atomic E-state index is 11.9. The Hall–Kier alpha value is -2.60. The summed E-state index contributed by atoms with van der Waals surface area (Å²) in [6.07, 6.45) is -7.19. The number of alkyl halides is 3. The van der Waals surface area contributed by atoms with E-state index in [4.69, 9.17) is 63.2 Å². The number of hydrogen-bond donors (Lipinski definition) is 0. The van der Waals surface area contributed by atoms with Gasteiger partial charge in [-0.3, -0.25) is 19.2 Å². The average Bonchev–Trinajstić information content (AvgIpc) is 2.75. The Kier molecular flexibility index (Phi) is 10.8. The summed E-state index contributed by atoms with van der Waals surface area (Å²) >= 11 is 18.2. The van der Waals surface area contributed by atoms with Crippen molar-refractivity contribution in [2.45, 2.75) is 62.2 Å². The van der Waals surface area contributed by atoms with Crippen molar-refractivity contribution in [1.82, 2.24) is 0 Å². The molecule has 1 aliphatic rings. The molecule has 0 amide bonds. The van der Waals surface area contributed by atoms with Gasteiger partial charge in [0.25, 0.3) is 3.79 Å². The van der Waals surface area contributed by atoms with Crippen molar-refractivity contribution in [3.05, 3.63) is 30.3 Å². The molecule has 0 N–H and O–H groups in total. The maximum Gasteiger partial charge on any atom is 0.303 e. The Labute approximate surface area is 221 Å². The molecule has 14 heteroatoms. The second kappa shape index (κ2) is 13.1. The maximum absolute atomic E-state index is 11.9. The van der Waals surface area contributed by atoms with Gasteiger partial charge < -0.3 is 28.4 Å². The third-order valence-electron chi connectivity index (χ3n) is 4.41. The van der Waals surface area contributed by atoms with E-state index in [1.54, 1.807) is 30.3 Å². The third-order valence-corrected chi connectivity index (χ3v) is 4.89. The van der Waals surface area contributed by atoms with E-state index in [1.807, 2.05) is 0 Å². The highest BCUT2D eigenvalue weighted by Gasteiger charge is 2.54. The van der Waals surface area contributed by atoms with Crippen LogP contribution < -0.4 is 0 Å². The second-order valence-electron chi connectivity index (χ2n) is 7.44.